The first kappa shape index (κ1) is 25.9. The van der Waals surface area contributed by atoms with Crippen LogP contribution in [-0.4, -0.2) is 30.4 Å². The van der Waals surface area contributed by atoms with Gasteiger partial charge in [0.25, 0.3) is 5.56 Å². The molecule has 0 aliphatic carbocycles. The SMILES string of the molecule is CCOC(=O)C1=C(C)N=c2s/c(=C/c3cc(Br)ccc3OC(C)C)c(=O)n2[C@H]1c1ccc(OC)cc1. The van der Waals surface area contributed by atoms with E-state index in [0.717, 1.165) is 15.6 Å². The van der Waals surface area contributed by atoms with E-state index >= 15 is 0 Å². The summed E-state index contributed by atoms with van der Waals surface area (Å²) in [6.45, 7) is 7.64. The second-order valence-corrected chi connectivity index (χ2v) is 10.3. The van der Waals surface area contributed by atoms with Crippen LogP contribution < -0.4 is 24.4 Å². The van der Waals surface area contributed by atoms with Gasteiger partial charge >= 0.3 is 5.97 Å². The molecule has 1 atom stereocenters. The fraction of sp³-hybridized carbons (Fsp3) is 0.296. The molecule has 3 aromatic rings. The molecular weight excluding hydrogens is 544 g/mol. The van der Waals surface area contributed by atoms with Crippen molar-refractivity contribution >= 4 is 39.3 Å². The molecule has 1 aliphatic rings. The highest BCUT2D eigenvalue weighted by Crippen LogP contribution is 2.32. The number of carbonyl (C=O) groups excluding carboxylic acids is 1. The highest BCUT2D eigenvalue weighted by molar-refractivity contribution is 9.10. The normalized spacial score (nSPS) is 15.5. The molecule has 0 radical (unpaired) electrons. The van der Waals surface area contributed by atoms with Crippen molar-refractivity contribution in [2.45, 2.75) is 39.8 Å². The monoisotopic (exact) mass is 570 g/mol. The van der Waals surface area contributed by atoms with E-state index in [0.29, 0.717) is 32.1 Å². The van der Waals surface area contributed by atoms with Crippen LogP contribution in [0.5, 0.6) is 11.5 Å². The van der Waals surface area contributed by atoms with Crippen molar-refractivity contribution in [2.24, 2.45) is 4.99 Å². The number of nitrogens with zero attached hydrogens (tertiary/aromatic N) is 2. The first-order valence-electron chi connectivity index (χ1n) is 11.5. The summed E-state index contributed by atoms with van der Waals surface area (Å²) in [5.41, 5.74) is 2.14. The number of methoxy groups -OCH3 is 1. The fourth-order valence-corrected chi connectivity index (χ4v) is 5.44. The second-order valence-electron chi connectivity index (χ2n) is 8.42. The van der Waals surface area contributed by atoms with Gasteiger partial charge in [0.15, 0.2) is 4.80 Å². The first-order valence-corrected chi connectivity index (χ1v) is 13.1. The van der Waals surface area contributed by atoms with Crippen LogP contribution in [0.15, 0.2) is 68.0 Å². The lowest BCUT2D eigenvalue weighted by Gasteiger charge is -2.24. The lowest BCUT2D eigenvalue weighted by molar-refractivity contribution is -0.139. The van der Waals surface area contributed by atoms with Crippen molar-refractivity contribution in [3.05, 3.63) is 89.0 Å². The molecule has 9 heteroatoms. The second kappa shape index (κ2) is 10.8. The molecule has 0 saturated heterocycles. The number of hydrogen-bond donors (Lipinski definition) is 0. The van der Waals surface area contributed by atoms with Gasteiger partial charge in [-0.3, -0.25) is 9.36 Å². The molecule has 0 amide bonds. The van der Waals surface area contributed by atoms with Gasteiger partial charge in [-0.05, 0) is 69.7 Å². The predicted molar refractivity (Wildman–Crippen MR) is 143 cm³/mol. The van der Waals surface area contributed by atoms with E-state index in [1.165, 1.54) is 11.3 Å². The molecule has 0 unspecified atom stereocenters. The summed E-state index contributed by atoms with van der Waals surface area (Å²) in [6.07, 6.45) is 1.78. The van der Waals surface area contributed by atoms with Gasteiger partial charge in [-0.25, -0.2) is 9.79 Å². The Balaban J connectivity index is 1.94. The third-order valence-electron chi connectivity index (χ3n) is 5.57. The summed E-state index contributed by atoms with van der Waals surface area (Å²) in [6, 6.07) is 12.3. The Labute approximate surface area is 221 Å². The zero-order chi connectivity index (χ0) is 26.0. The van der Waals surface area contributed by atoms with E-state index in [-0.39, 0.29) is 18.3 Å². The summed E-state index contributed by atoms with van der Waals surface area (Å²) < 4.78 is 19.5. The lowest BCUT2D eigenvalue weighted by Crippen LogP contribution is -2.39. The number of thiazole rings is 1. The maximum atomic E-state index is 13.8. The molecule has 0 N–H and O–H groups in total. The molecule has 1 aromatic heterocycles. The van der Waals surface area contributed by atoms with Crippen LogP contribution in [-0.2, 0) is 9.53 Å². The molecule has 188 valence electrons. The lowest BCUT2D eigenvalue weighted by atomic mass is 9.96. The molecule has 0 bridgehead atoms. The largest absolute Gasteiger partial charge is 0.497 e. The Kier molecular flexibility index (Phi) is 7.80. The number of halogens is 1. The Morgan fingerprint density at radius 1 is 1.22 bits per heavy atom. The van der Waals surface area contributed by atoms with Crippen molar-refractivity contribution in [3.8, 4) is 11.5 Å². The number of allylic oxidation sites excluding steroid dienone is 1. The van der Waals surface area contributed by atoms with Crippen LogP contribution in [0.25, 0.3) is 6.08 Å². The number of aromatic nitrogens is 1. The van der Waals surface area contributed by atoms with Crippen LogP contribution >= 0.6 is 27.3 Å². The van der Waals surface area contributed by atoms with Crippen molar-refractivity contribution in [1.29, 1.82) is 0 Å². The summed E-state index contributed by atoms with van der Waals surface area (Å²) in [4.78, 5) is 32.0. The number of hydrogen-bond acceptors (Lipinski definition) is 7. The summed E-state index contributed by atoms with van der Waals surface area (Å²) in [5, 5.41) is 0. The third-order valence-corrected chi connectivity index (χ3v) is 7.05. The Bertz CT molecular complexity index is 1500. The molecule has 0 saturated carbocycles. The number of fused-ring (bicyclic) bond motifs is 1. The van der Waals surface area contributed by atoms with Crippen molar-refractivity contribution in [3.63, 3.8) is 0 Å². The van der Waals surface area contributed by atoms with Crippen LogP contribution in [0.1, 0.15) is 44.9 Å². The van der Waals surface area contributed by atoms with E-state index in [9.17, 15) is 9.59 Å². The Morgan fingerprint density at radius 3 is 2.58 bits per heavy atom. The van der Waals surface area contributed by atoms with Crippen molar-refractivity contribution in [1.82, 2.24) is 4.57 Å². The average molecular weight is 571 g/mol. The summed E-state index contributed by atoms with van der Waals surface area (Å²) in [5.74, 6) is 0.861. The van der Waals surface area contributed by atoms with Gasteiger partial charge in [0.1, 0.15) is 11.5 Å². The smallest absolute Gasteiger partial charge is 0.338 e. The van der Waals surface area contributed by atoms with Gasteiger partial charge in [0, 0.05) is 10.0 Å². The van der Waals surface area contributed by atoms with Gasteiger partial charge in [0.2, 0.25) is 0 Å². The molecular formula is C27H27BrN2O5S. The zero-order valence-electron chi connectivity index (χ0n) is 20.7. The quantitative estimate of drug-likeness (QED) is 0.394. The van der Waals surface area contributed by atoms with Crippen LogP contribution in [0.4, 0.5) is 0 Å². The molecule has 7 nitrogen and oxygen atoms in total. The minimum Gasteiger partial charge on any atom is -0.497 e. The van der Waals surface area contributed by atoms with Crippen LogP contribution in [0.3, 0.4) is 0 Å². The third kappa shape index (κ3) is 5.17. The topological polar surface area (TPSA) is 79.1 Å². The minimum atomic E-state index is -0.678. The van der Waals surface area contributed by atoms with Gasteiger partial charge < -0.3 is 14.2 Å². The fourth-order valence-electron chi connectivity index (χ4n) is 4.03. The van der Waals surface area contributed by atoms with Crippen molar-refractivity contribution in [2.75, 3.05) is 13.7 Å². The average Bonchev–Trinajstić information content (AvgIpc) is 3.14. The van der Waals surface area contributed by atoms with E-state index in [1.807, 2.05) is 44.2 Å². The number of esters is 1. The van der Waals surface area contributed by atoms with E-state index in [2.05, 4.69) is 20.9 Å². The highest BCUT2D eigenvalue weighted by Gasteiger charge is 2.33. The molecule has 4 rings (SSSR count). The van der Waals surface area contributed by atoms with Crippen molar-refractivity contribution < 1.29 is 19.0 Å². The predicted octanol–water partition coefficient (Wildman–Crippen LogP) is 4.36. The molecule has 2 heterocycles. The van der Waals surface area contributed by atoms with E-state index in [1.54, 1.807) is 43.7 Å². The maximum Gasteiger partial charge on any atom is 0.338 e. The molecule has 2 aromatic carbocycles. The summed E-state index contributed by atoms with van der Waals surface area (Å²) >= 11 is 4.78. The van der Waals surface area contributed by atoms with E-state index in [4.69, 9.17) is 14.2 Å². The standard InChI is InChI=1S/C27H27BrN2O5S/c1-6-34-26(32)23-16(4)29-27-30(24(23)17-7-10-20(33-5)11-8-17)25(31)22(36-27)14-18-13-19(28)9-12-21(18)35-15(2)3/h7-15,24H,6H2,1-5H3/b22-14+/t24-/m0/s1. The highest BCUT2D eigenvalue weighted by atomic mass is 79.9. The zero-order valence-corrected chi connectivity index (χ0v) is 23.1. The number of rotatable bonds is 7. The van der Waals surface area contributed by atoms with Gasteiger partial charge in [0.05, 0.1) is 41.7 Å². The summed E-state index contributed by atoms with van der Waals surface area (Å²) in [7, 11) is 1.59. The number of carbonyl (C=O) groups is 1. The molecule has 0 spiro atoms. The Hall–Kier alpha value is -3.17. The van der Waals surface area contributed by atoms with Gasteiger partial charge in [-0.2, -0.15) is 0 Å². The molecule has 1 aliphatic heterocycles. The minimum absolute atomic E-state index is 0.0237. The van der Waals surface area contributed by atoms with Gasteiger partial charge in [-0.15, -0.1) is 0 Å². The first-order chi connectivity index (χ1) is 17.2. The number of ether oxygens (including phenoxy) is 3. The van der Waals surface area contributed by atoms with Gasteiger partial charge in [-0.1, -0.05) is 39.4 Å². The number of benzene rings is 2. The Morgan fingerprint density at radius 2 is 1.94 bits per heavy atom. The van der Waals surface area contributed by atoms with E-state index < -0.39 is 12.0 Å². The molecule has 0 fully saturated rings. The van der Waals surface area contributed by atoms with Crippen LogP contribution in [0, 0.1) is 0 Å². The maximum absolute atomic E-state index is 13.8. The van der Waals surface area contributed by atoms with Crippen LogP contribution in [0.2, 0.25) is 0 Å². The molecule has 36 heavy (non-hydrogen) atoms.